The third-order valence-corrected chi connectivity index (χ3v) is 3.04. The van der Waals surface area contributed by atoms with Crippen LogP contribution < -0.4 is 0 Å². The Hall–Kier alpha value is -2.60. The molecule has 0 aliphatic heterocycles. The van der Waals surface area contributed by atoms with Gasteiger partial charge in [-0.1, -0.05) is 92.0 Å². The fourth-order valence-corrected chi connectivity index (χ4v) is 2.04. The molecule has 0 saturated heterocycles. The van der Waals surface area contributed by atoms with Crippen molar-refractivity contribution in [3.63, 3.8) is 0 Å². The van der Waals surface area contributed by atoms with Crippen LogP contribution in [0.4, 0.5) is 0 Å². The lowest BCUT2D eigenvalue weighted by Gasteiger charge is -2.06. The van der Waals surface area contributed by atoms with Crippen molar-refractivity contribution in [3.05, 3.63) is 109 Å². The molecule has 0 N–H and O–H groups in total. The van der Waals surface area contributed by atoms with Crippen LogP contribution in [0.3, 0.4) is 0 Å². The van der Waals surface area contributed by atoms with Gasteiger partial charge in [0.25, 0.3) is 0 Å². The Morgan fingerprint density at radius 2 is 1.20 bits per heavy atom. The summed E-state index contributed by atoms with van der Waals surface area (Å²) in [5.41, 5.74) is 4.55. The van der Waals surface area contributed by atoms with E-state index in [9.17, 15) is 0 Å². The summed E-state index contributed by atoms with van der Waals surface area (Å²) in [6.07, 6.45) is 7.85. The van der Waals surface area contributed by atoms with Gasteiger partial charge in [-0.2, -0.15) is 0 Å². The van der Waals surface area contributed by atoms with Gasteiger partial charge in [0.05, 0.1) is 0 Å². The van der Waals surface area contributed by atoms with Crippen LogP contribution in [0, 0.1) is 0 Å². The van der Waals surface area contributed by atoms with E-state index in [1.807, 2.05) is 54.6 Å². The average molecular weight is 258 g/mol. The number of allylic oxidation sites excluding steroid dienone is 6. The van der Waals surface area contributed by atoms with E-state index in [-0.39, 0.29) is 0 Å². The first-order valence-electron chi connectivity index (χ1n) is 6.63. The lowest BCUT2D eigenvalue weighted by atomic mass is 9.98. The molecule has 0 bridgehead atoms. The highest BCUT2D eigenvalue weighted by Crippen LogP contribution is 2.23. The molecule has 0 unspecified atom stereocenters. The van der Waals surface area contributed by atoms with Crippen LogP contribution in [-0.4, -0.2) is 0 Å². The first-order valence-corrected chi connectivity index (χ1v) is 6.63. The Morgan fingerprint density at radius 1 is 0.700 bits per heavy atom. The predicted octanol–water partition coefficient (Wildman–Crippen LogP) is 5.53. The summed E-state index contributed by atoms with van der Waals surface area (Å²) in [4.78, 5) is 0. The summed E-state index contributed by atoms with van der Waals surface area (Å²) in [6.45, 7) is 7.72. The van der Waals surface area contributed by atoms with E-state index in [4.69, 9.17) is 0 Å². The van der Waals surface area contributed by atoms with Crippen molar-refractivity contribution in [1.29, 1.82) is 0 Å². The molecule has 0 aliphatic rings. The Kier molecular flexibility index (Phi) is 4.91. The van der Waals surface area contributed by atoms with Crippen molar-refractivity contribution in [1.82, 2.24) is 0 Å². The Balaban J connectivity index is 2.45. The second-order valence-corrected chi connectivity index (χ2v) is 4.39. The normalized spacial score (nSPS) is 12.0. The smallest absolute Gasteiger partial charge is 0.0178 e. The molecule has 0 fully saturated rings. The molecule has 0 spiro atoms. The molecule has 20 heavy (non-hydrogen) atoms. The van der Waals surface area contributed by atoms with Crippen molar-refractivity contribution < 1.29 is 0 Å². The molecule has 0 aromatic heterocycles. The molecule has 2 rings (SSSR count). The molecular weight excluding hydrogens is 240 g/mol. The molecule has 2 aromatic carbocycles. The molecule has 98 valence electrons. The van der Waals surface area contributed by atoms with E-state index in [1.54, 1.807) is 0 Å². The fourth-order valence-electron chi connectivity index (χ4n) is 2.04. The summed E-state index contributed by atoms with van der Waals surface area (Å²) >= 11 is 0. The molecule has 0 atom stereocenters. The minimum absolute atomic E-state index is 1.10. The maximum Gasteiger partial charge on any atom is -0.0178 e. The van der Waals surface area contributed by atoms with Crippen LogP contribution >= 0.6 is 0 Å². The minimum Gasteiger partial charge on any atom is -0.0990 e. The summed E-state index contributed by atoms with van der Waals surface area (Å²) in [5, 5.41) is 0. The van der Waals surface area contributed by atoms with Crippen LogP contribution in [0.25, 0.3) is 11.1 Å². The Labute approximate surface area is 121 Å². The molecule has 0 saturated carbocycles. The molecule has 0 heteroatoms. The Morgan fingerprint density at radius 3 is 1.65 bits per heavy atom. The van der Waals surface area contributed by atoms with Gasteiger partial charge in [-0.3, -0.25) is 0 Å². The van der Waals surface area contributed by atoms with Crippen LogP contribution in [-0.2, 0) is 0 Å². The minimum atomic E-state index is 1.10. The highest BCUT2D eigenvalue weighted by Gasteiger charge is 2.01. The second kappa shape index (κ2) is 7.10. The molecule has 0 heterocycles. The van der Waals surface area contributed by atoms with Crippen molar-refractivity contribution in [2.45, 2.75) is 0 Å². The average Bonchev–Trinajstić information content (AvgIpc) is 2.53. The number of benzene rings is 2. The van der Waals surface area contributed by atoms with E-state index in [0.717, 1.165) is 16.7 Å². The van der Waals surface area contributed by atoms with Crippen LogP contribution in [0.2, 0.25) is 0 Å². The van der Waals surface area contributed by atoms with Crippen molar-refractivity contribution in [3.8, 4) is 0 Å². The molecule has 0 nitrogen and oxygen atoms in total. The monoisotopic (exact) mass is 258 g/mol. The van der Waals surface area contributed by atoms with Gasteiger partial charge < -0.3 is 0 Å². The van der Waals surface area contributed by atoms with Crippen LogP contribution in [0.1, 0.15) is 11.1 Å². The van der Waals surface area contributed by atoms with Gasteiger partial charge in [-0.25, -0.2) is 0 Å². The van der Waals surface area contributed by atoms with Gasteiger partial charge in [-0.15, -0.1) is 0 Å². The van der Waals surface area contributed by atoms with Crippen LogP contribution in [0.15, 0.2) is 98.1 Å². The van der Waals surface area contributed by atoms with Gasteiger partial charge in [0.2, 0.25) is 0 Å². The molecule has 0 radical (unpaired) electrons. The molecular formula is C20H18. The lowest BCUT2D eigenvalue weighted by Crippen LogP contribution is -1.84. The zero-order valence-corrected chi connectivity index (χ0v) is 11.5. The Bertz CT molecular complexity index is 628. The zero-order chi connectivity index (χ0) is 14.2. The molecule has 0 aliphatic carbocycles. The van der Waals surface area contributed by atoms with Gasteiger partial charge in [-0.05, 0) is 28.3 Å². The predicted molar refractivity (Wildman–Crippen MR) is 89.2 cm³/mol. The van der Waals surface area contributed by atoms with Crippen molar-refractivity contribution in [2.24, 2.45) is 0 Å². The van der Waals surface area contributed by atoms with Gasteiger partial charge in [0.15, 0.2) is 0 Å². The van der Waals surface area contributed by atoms with E-state index in [2.05, 4.69) is 43.5 Å². The largest absolute Gasteiger partial charge is 0.0990 e. The van der Waals surface area contributed by atoms with Gasteiger partial charge in [0.1, 0.15) is 0 Å². The van der Waals surface area contributed by atoms with E-state index in [0.29, 0.717) is 0 Å². The summed E-state index contributed by atoms with van der Waals surface area (Å²) in [6, 6.07) is 20.5. The third kappa shape index (κ3) is 3.46. The summed E-state index contributed by atoms with van der Waals surface area (Å²) in [5.74, 6) is 0. The first kappa shape index (κ1) is 13.8. The highest BCUT2D eigenvalue weighted by atomic mass is 14.1. The summed E-state index contributed by atoms with van der Waals surface area (Å²) in [7, 11) is 0. The number of hydrogen-bond donors (Lipinski definition) is 0. The second-order valence-electron chi connectivity index (χ2n) is 4.39. The fraction of sp³-hybridized carbons (Fsp3) is 0. The van der Waals surface area contributed by atoms with E-state index < -0.39 is 0 Å². The van der Waals surface area contributed by atoms with E-state index >= 15 is 0 Å². The van der Waals surface area contributed by atoms with E-state index in [1.165, 1.54) is 5.56 Å². The maximum absolute atomic E-state index is 3.92. The molecule has 0 amide bonds. The SMILES string of the molecule is C=C/C=C(\C=C(/C=C)c1ccccc1)c1ccccc1. The highest BCUT2D eigenvalue weighted by molar-refractivity contribution is 5.87. The summed E-state index contributed by atoms with van der Waals surface area (Å²) < 4.78 is 0. The van der Waals surface area contributed by atoms with Gasteiger partial charge >= 0.3 is 0 Å². The standard InChI is InChI=1S/C20H18/c1-3-11-20(19-14-9-6-10-15-19)16-17(4-2)18-12-7-5-8-13-18/h3-16H,1-2H2/b17-16+,20-11+. The topological polar surface area (TPSA) is 0 Å². The quantitative estimate of drug-likeness (QED) is 0.619. The van der Waals surface area contributed by atoms with Crippen molar-refractivity contribution in [2.75, 3.05) is 0 Å². The number of hydrogen-bond acceptors (Lipinski definition) is 0. The van der Waals surface area contributed by atoms with Crippen LogP contribution in [0.5, 0.6) is 0 Å². The van der Waals surface area contributed by atoms with Gasteiger partial charge in [0, 0.05) is 0 Å². The molecule has 2 aromatic rings. The maximum atomic E-state index is 3.92. The first-order chi connectivity index (χ1) is 9.85. The number of rotatable bonds is 5. The zero-order valence-electron chi connectivity index (χ0n) is 11.5. The van der Waals surface area contributed by atoms with Crippen molar-refractivity contribution >= 4 is 11.1 Å². The third-order valence-electron chi connectivity index (χ3n) is 3.04. The lowest BCUT2D eigenvalue weighted by molar-refractivity contribution is 1.60.